The van der Waals surface area contributed by atoms with Crippen LogP contribution < -0.4 is 0 Å². The van der Waals surface area contributed by atoms with E-state index in [1.54, 1.807) is 0 Å². The summed E-state index contributed by atoms with van der Waals surface area (Å²) in [6.07, 6.45) is 2.13. The Hall–Kier alpha value is -3.59. The van der Waals surface area contributed by atoms with E-state index >= 15 is 0 Å². The van der Waals surface area contributed by atoms with Gasteiger partial charge in [-0.1, -0.05) is 42.5 Å². The van der Waals surface area contributed by atoms with Gasteiger partial charge >= 0.3 is 0 Å². The van der Waals surface area contributed by atoms with E-state index in [2.05, 4.69) is 95.3 Å². The van der Waals surface area contributed by atoms with Gasteiger partial charge in [-0.15, -0.1) is 0 Å². The molecule has 4 aromatic heterocycles. The number of fused-ring (bicyclic) bond motifs is 6. The maximum absolute atomic E-state index is 5.07. The number of pyridine rings is 2. The molecule has 1 N–H and O–H groups in total. The average molecular weight is 347 g/mol. The molecule has 0 fully saturated rings. The molecule has 6 aromatic rings. The minimum absolute atomic E-state index is 0.991. The minimum Gasteiger partial charge on any atom is -0.353 e. The highest BCUT2D eigenvalue weighted by Gasteiger charge is 2.16. The number of hydrogen-bond donors (Lipinski definition) is 1. The molecule has 6 rings (SSSR count). The Morgan fingerprint density at radius 3 is 2.63 bits per heavy atom. The summed E-state index contributed by atoms with van der Waals surface area (Å²) in [6.45, 7) is 2.16. The standard InChI is InChI=1S/C24H17N3/c1-15-7-6-12-27-22(15)14-18-17-9-3-5-11-20(17)26-23(24(18)27)21-13-16-8-2-4-10-19(16)25-21/h2-14,25H,1H3. The number of aryl methyl sites for hydroxylation is 1. The molecule has 0 spiro atoms. The summed E-state index contributed by atoms with van der Waals surface area (Å²) in [5, 5.41) is 3.63. The van der Waals surface area contributed by atoms with Gasteiger partial charge in [-0.2, -0.15) is 0 Å². The molecule has 0 saturated carbocycles. The van der Waals surface area contributed by atoms with Crippen LogP contribution in [0.1, 0.15) is 5.56 Å². The summed E-state index contributed by atoms with van der Waals surface area (Å²) in [5.41, 5.74) is 7.83. The fourth-order valence-electron chi connectivity index (χ4n) is 4.15. The quantitative estimate of drug-likeness (QED) is 0.383. The van der Waals surface area contributed by atoms with Crippen molar-refractivity contribution in [3.8, 4) is 11.4 Å². The molecule has 0 radical (unpaired) electrons. The number of para-hydroxylation sites is 2. The van der Waals surface area contributed by atoms with E-state index < -0.39 is 0 Å². The van der Waals surface area contributed by atoms with Crippen LogP contribution in [0, 0.1) is 6.92 Å². The molecule has 27 heavy (non-hydrogen) atoms. The van der Waals surface area contributed by atoms with Crippen molar-refractivity contribution in [1.29, 1.82) is 0 Å². The zero-order valence-corrected chi connectivity index (χ0v) is 14.9. The van der Waals surface area contributed by atoms with Gasteiger partial charge in [0.25, 0.3) is 0 Å². The second kappa shape index (κ2) is 5.21. The maximum Gasteiger partial charge on any atom is 0.112 e. The summed E-state index contributed by atoms with van der Waals surface area (Å²) in [7, 11) is 0. The fourth-order valence-corrected chi connectivity index (χ4v) is 4.15. The maximum atomic E-state index is 5.07. The molecule has 0 unspecified atom stereocenters. The lowest BCUT2D eigenvalue weighted by atomic mass is 10.1. The molecular formula is C24H17N3. The number of H-pyrrole nitrogens is 1. The second-order valence-corrected chi connectivity index (χ2v) is 7.10. The SMILES string of the molecule is Cc1cccn2c1cc1c3ccccc3nc(-c3cc4ccccc4[nH]3)c12. The third-order valence-electron chi connectivity index (χ3n) is 5.46. The number of nitrogens with one attached hydrogen (secondary N) is 1. The molecule has 0 aliphatic rings. The van der Waals surface area contributed by atoms with Gasteiger partial charge in [-0.05, 0) is 42.8 Å². The second-order valence-electron chi connectivity index (χ2n) is 7.10. The Bertz CT molecular complexity index is 1450. The van der Waals surface area contributed by atoms with Crippen molar-refractivity contribution in [2.75, 3.05) is 0 Å². The molecule has 3 nitrogen and oxygen atoms in total. The molecule has 0 atom stereocenters. The van der Waals surface area contributed by atoms with Crippen molar-refractivity contribution < 1.29 is 0 Å². The van der Waals surface area contributed by atoms with E-state index in [1.165, 1.54) is 27.2 Å². The minimum atomic E-state index is 0.991. The summed E-state index contributed by atoms with van der Waals surface area (Å²) in [4.78, 5) is 8.63. The van der Waals surface area contributed by atoms with E-state index in [0.717, 1.165) is 27.9 Å². The van der Waals surface area contributed by atoms with Crippen LogP contribution in [-0.2, 0) is 0 Å². The summed E-state index contributed by atoms with van der Waals surface area (Å²) in [6, 6.07) is 25.5. The lowest BCUT2D eigenvalue weighted by molar-refractivity contribution is 1.21. The fraction of sp³-hybridized carbons (Fsp3) is 0.0417. The van der Waals surface area contributed by atoms with Gasteiger partial charge in [0.15, 0.2) is 0 Å². The van der Waals surface area contributed by atoms with Crippen molar-refractivity contribution >= 4 is 38.2 Å². The molecule has 0 saturated heterocycles. The van der Waals surface area contributed by atoms with Gasteiger partial charge in [-0.25, -0.2) is 4.98 Å². The Balaban J connectivity index is 1.84. The first-order chi connectivity index (χ1) is 13.3. The number of aromatic amines is 1. The third kappa shape index (κ3) is 1.99. The van der Waals surface area contributed by atoms with Crippen molar-refractivity contribution in [3.63, 3.8) is 0 Å². The van der Waals surface area contributed by atoms with Crippen LogP contribution >= 0.6 is 0 Å². The van der Waals surface area contributed by atoms with E-state index in [-0.39, 0.29) is 0 Å². The van der Waals surface area contributed by atoms with E-state index in [4.69, 9.17) is 4.98 Å². The lowest BCUT2D eigenvalue weighted by Gasteiger charge is -2.07. The van der Waals surface area contributed by atoms with Gasteiger partial charge in [0.05, 0.1) is 16.7 Å². The van der Waals surface area contributed by atoms with Crippen LogP contribution in [0.4, 0.5) is 0 Å². The van der Waals surface area contributed by atoms with Crippen LogP contribution in [0.15, 0.2) is 79.0 Å². The molecular weight excluding hydrogens is 330 g/mol. The number of nitrogens with zero attached hydrogens (tertiary/aromatic N) is 2. The van der Waals surface area contributed by atoms with Crippen molar-refractivity contribution in [2.24, 2.45) is 0 Å². The monoisotopic (exact) mass is 347 g/mol. The highest BCUT2D eigenvalue weighted by Crippen LogP contribution is 2.36. The summed E-state index contributed by atoms with van der Waals surface area (Å²) in [5.74, 6) is 0. The van der Waals surface area contributed by atoms with Crippen molar-refractivity contribution in [2.45, 2.75) is 6.92 Å². The van der Waals surface area contributed by atoms with Gasteiger partial charge in [0, 0.05) is 33.4 Å². The van der Waals surface area contributed by atoms with E-state index in [9.17, 15) is 0 Å². The first-order valence-corrected chi connectivity index (χ1v) is 9.17. The average Bonchev–Trinajstić information content (AvgIpc) is 3.30. The van der Waals surface area contributed by atoms with Crippen LogP contribution in [-0.4, -0.2) is 14.4 Å². The highest BCUT2D eigenvalue weighted by atomic mass is 14.9. The van der Waals surface area contributed by atoms with Crippen molar-refractivity contribution in [3.05, 3.63) is 84.6 Å². The number of benzene rings is 2. The summed E-state index contributed by atoms with van der Waals surface area (Å²) < 4.78 is 2.27. The Morgan fingerprint density at radius 1 is 0.852 bits per heavy atom. The molecule has 3 heteroatoms. The Morgan fingerprint density at radius 2 is 1.70 bits per heavy atom. The molecule has 128 valence electrons. The van der Waals surface area contributed by atoms with Gasteiger partial charge in [0.1, 0.15) is 5.69 Å². The zero-order valence-electron chi connectivity index (χ0n) is 14.9. The third-order valence-corrected chi connectivity index (χ3v) is 5.46. The van der Waals surface area contributed by atoms with E-state index in [0.29, 0.717) is 0 Å². The van der Waals surface area contributed by atoms with Gasteiger partial charge in [-0.3, -0.25) is 0 Å². The topological polar surface area (TPSA) is 33.1 Å². The van der Waals surface area contributed by atoms with Crippen LogP contribution in [0.2, 0.25) is 0 Å². The van der Waals surface area contributed by atoms with Crippen molar-refractivity contribution in [1.82, 2.24) is 14.4 Å². The van der Waals surface area contributed by atoms with Crippen LogP contribution in [0.5, 0.6) is 0 Å². The molecule has 0 amide bonds. The predicted octanol–water partition coefficient (Wildman–Crippen LogP) is 6.10. The Kier molecular flexibility index (Phi) is 2.81. The molecule has 0 bridgehead atoms. The molecule has 2 aromatic carbocycles. The zero-order chi connectivity index (χ0) is 18.0. The van der Waals surface area contributed by atoms with Gasteiger partial charge in [0.2, 0.25) is 0 Å². The molecule has 0 aliphatic carbocycles. The number of hydrogen-bond acceptors (Lipinski definition) is 1. The summed E-state index contributed by atoms with van der Waals surface area (Å²) >= 11 is 0. The first-order valence-electron chi connectivity index (χ1n) is 9.17. The number of rotatable bonds is 1. The first kappa shape index (κ1) is 14.6. The molecule has 0 aliphatic heterocycles. The van der Waals surface area contributed by atoms with Gasteiger partial charge < -0.3 is 9.38 Å². The van der Waals surface area contributed by atoms with Crippen LogP contribution in [0.3, 0.4) is 0 Å². The number of aromatic nitrogens is 3. The van der Waals surface area contributed by atoms with Crippen LogP contribution in [0.25, 0.3) is 49.6 Å². The Labute approximate surface area is 155 Å². The van der Waals surface area contributed by atoms with E-state index in [1.807, 2.05) is 0 Å². The highest BCUT2D eigenvalue weighted by molar-refractivity contribution is 6.12. The molecule has 4 heterocycles. The normalized spacial score (nSPS) is 11.9. The smallest absolute Gasteiger partial charge is 0.112 e. The predicted molar refractivity (Wildman–Crippen MR) is 112 cm³/mol. The lowest BCUT2D eigenvalue weighted by Crippen LogP contribution is -1.92. The largest absolute Gasteiger partial charge is 0.353 e.